The number of carboxylic acid groups (broad SMARTS) is 1. The SMILES string of the molecule is O=C(O)CNc1cccc2ccccc12. The van der Waals surface area contributed by atoms with Crippen LogP contribution in [-0.4, -0.2) is 17.6 Å². The van der Waals surface area contributed by atoms with E-state index in [0.29, 0.717) is 0 Å². The van der Waals surface area contributed by atoms with E-state index >= 15 is 0 Å². The summed E-state index contributed by atoms with van der Waals surface area (Å²) in [7, 11) is 0. The second-order valence-corrected chi connectivity index (χ2v) is 3.27. The number of carboxylic acids is 1. The number of nitrogens with one attached hydrogen (secondary N) is 1. The minimum atomic E-state index is -0.858. The number of hydrogen-bond donors (Lipinski definition) is 2. The topological polar surface area (TPSA) is 49.3 Å². The second kappa shape index (κ2) is 4.00. The molecule has 2 rings (SSSR count). The average molecular weight is 201 g/mol. The van der Waals surface area contributed by atoms with Gasteiger partial charge in [0.15, 0.2) is 0 Å². The number of carbonyl (C=O) groups is 1. The van der Waals surface area contributed by atoms with E-state index in [-0.39, 0.29) is 6.54 Å². The van der Waals surface area contributed by atoms with Crippen molar-refractivity contribution in [1.82, 2.24) is 0 Å². The van der Waals surface area contributed by atoms with Crippen molar-refractivity contribution < 1.29 is 9.90 Å². The zero-order valence-electron chi connectivity index (χ0n) is 8.10. The Balaban J connectivity index is 2.38. The Bertz CT molecular complexity index is 488. The number of hydrogen-bond acceptors (Lipinski definition) is 2. The molecule has 0 heterocycles. The Morgan fingerprint density at radius 2 is 1.87 bits per heavy atom. The van der Waals surface area contributed by atoms with E-state index in [1.54, 1.807) is 0 Å². The van der Waals surface area contributed by atoms with Crippen molar-refractivity contribution in [2.75, 3.05) is 11.9 Å². The average Bonchev–Trinajstić information content (AvgIpc) is 2.26. The van der Waals surface area contributed by atoms with Gasteiger partial charge in [0.05, 0.1) is 0 Å². The third-order valence-electron chi connectivity index (χ3n) is 2.22. The molecule has 0 amide bonds. The predicted molar refractivity (Wildman–Crippen MR) is 60.1 cm³/mol. The molecule has 0 bridgehead atoms. The van der Waals surface area contributed by atoms with Crippen molar-refractivity contribution >= 4 is 22.4 Å². The van der Waals surface area contributed by atoms with Crippen LogP contribution in [0.2, 0.25) is 0 Å². The molecule has 2 aromatic rings. The fraction of sp³-hybridized carbons (Fsp3) is 0.0833. The highest BCUT2D eigenvalue weighted by Crippen LogP contribution is 2.22. The smallest absolute Gasteiger partial charge is 0.322 e. The van der Waals surface area contributed by atoms with Crippen LogP contribution in [0.3, 0.4) is 0 Å². The zero-order valence-corrected chi connectivity index (χ0v) is 8.10. The highest BCUT2D eigenvalue weighted by atomic mass is 16.4. The van der Waals surface area contributed by atoms with Gasteiger partial charge in [0, 0.05) is 11.1 Å². The van der Waals surface area contributed by atoms with Gasteiger partial charge in [-0.3, -0.25) is 4.79 Å². The van der Waals surface area contributed by atoms with Gasteiger partial charge in [0.2, 0.25) is 0 Å². The van der Waals surface area contributed by atoms with Gasteiger partial charge in [-0.2, -0.15) is 0 Å². The third kappa shape index (κ3) is 2.07. The van der Waals surface area contributed by atoms with E-state index in [1.165, 1.54) is 0 Å². The lowest BCUT2D eigenvalue weighted by Crippen LogP contribution is -2.12. The molecule has 0 radical (unpaired) electrons. The number of benzene rings is 2. The predicted octanol–water partition coefficient (Wildman–Crippen LogP) is 2.34. The van der Waals surface area contributed by atoms with Crippen LogP contribution in [0, 0.1) is 0 Å². The maximum atomic E-state index is 10.4. The molecule has 0 unspecified atom stereocenters. The number of anilines is 1. The normalized spacial score (nSPS) is 10.1. The molecule has 3 nitrogen and oxygen atoms in total. The van der Waals surface area contributed by atoms with Gasteiger partial charge >= 0.3 is 5.97 Å². The van der Waals surface area contributed by atoms with Crippen molar-refractivity contribution in [1.29, 1.82) is 0 Å². The van der Waals surface area contributed by atoms with Gasteiger partial charge in [0.25, 0.3) is 0 Å². The molecule has 2 aromatic carbocycles. The number of fused-ring (bicyclic) bond motifs is 1. The van der Waals surface area contributed by atoms with E-state index in [0.717, 1.165) is 16.5 Å². The van der Waals surface area contributed by atoms with Crippen LogP contribution in [0.5, 0.6) is 0 Å². The molecule has 3 heteroatoms. The second-order valence-electron chi connectivity index (χ2n) is 3.27. The van der Waals surface area contributed by atoms with E-state index in [4.69, 9.17) is 5.11 Å². The molecule has 0 aliphatic rings. The third-order valence-corrected chi connectivity index (χ3v) is 2.22. The minimum absolute atomic E-state index is 0.0615. The van der Waals surface area contributed by atoms with Crippen LogP contribution in [0.4, 0.5) is 5.69 Å². The Hall–Kier alpha value is -2.03. The van der Waals surface area contributed by atoms with Crippen LogP contribution in [-0.2, 0) is 4.79 Å². The molecule has 2 N–H and O–H groups in total. The first kappa shape index (κ1) is 9.52. The molecule has 0 saturated heterocycles. The van der Waals surface area contributed by atoms with Gasteiger partial charge in [-0.1, -0.05) is 36.4 Å². The molecule has 0 aromatic heterocycles. The quantitative estimate of drug-likeness (QED) is 0.801. The Morgan fingerprint density at radius 3 is 2.67 bits per heavy atom. The highest BCUT2D eigenvalue weighted by Gasteiger charge is 2.01. The standard InChI is InChI=1S/C12H11NO2/c14-12(15)8-13-11-7-3-5-9-4-1-2-6-10(9)11/h1-7,13H,8H2,(H,14,15). The summed E-state index contributed by atoms with van der Waals surface area (Å²) in [5.74, 6) is -0.858. The van der Waals surface area contributed by atoms with Gasteiger partial charge in [0.1, 0.15) is 6.54 Å². The summed E-state index contributed by atoms with van der Waals surface area (Å²) in [5.41, 5.74) is 0.857. The first-order chi connectivity index (χ1) is 7.27. The lowest BCUT2D eigenvalue weighted by atomic mass is 10.1. The van der Waals surface area contributed by atoms with Crippen LogP contribution >= 0.6 is 0 Å². The maximum absolute atomic E-state index is 10.4. The lowest BCUT2D eigenvalue weighted by Gasteiger charge is -2.07. The molecule has 76 valence electrons. The lowest BCUT2D eigenvalue weighted by molar-refractivity contribution is -0.134. The molecule has 0 fully saturated rings. The summed E-state index contributed by atoms with van der Waals surface area (Å²) >= 11 is 0. The summed E-state index contributed by atoms with van der Waals surface area (Å²) < 4.78 is 0. The monoisotopic (exact) mass is 201 g/mol. The number of aliphatic carboxylic acids is 1. The maximum Gasteiger partial charge on any atom is 0.322 e. The summed E-state index contributed by atoms with van der Waals surface area (Å²) in [6.07, 6.45) is 0. The van der Waals surface area contributed by atoms with E-state index in [1.807, 2.05) is 42.5 Å². The van der Waals surface area contributed by atoms with Crippen LogP contribution in [0.1, 0.15) is 0 Å². The summed E-state index contributed by atoms with van der Waals surface area (Å²) in [6, 6.07) is 13.7. The van der Waals surface area contributed by atoms with Crippen molar-refractivity contribution in [3.8, 4) is 0 Å². The van der Waals surface area contributed by atoms with Crippen molar-refractivity contribution in [2.24, 2.45) is 0 Å². The van der Waals surface area contributed by atoms with Gasteiger partial charge in [-0.15, -0.1) is 0 Å². The Kier molecular flexibility index (Phi) is 2.54. The number of rotatable bonds is 3. The molecular formula is C12H11NO2. The minimum Gasteiger partial charge on any atom is -0.480 e. The molecule has 0 aliphatic heterocycles. The molecule has 0 spiro atoms. The molecule has 0 saturated carbocycles. The zero-order chi connectivity index (χ0) is 10.7. The summed E-state index contributed by atoms with van der Waals surface area (Å²) in [5, 5.41) is 13.6. The molecule has 0 atom stereocenters. The largest absolute Gasteiger partial charge is 0.480 e. The van der Waals surface area contributed by atoms with Gasteiger partial charge < -0.3 is 10.4 Å². The Labute approximate surface area is 87.3 Å². The first-order valence-electron chi connectivity index (χ1n) is 4.71. The van der Waals surface area contributed by atoms with Gasteiger partial charge in [-0.05, 0) is 11.5 Å². The van der Waals surface area contributed by atoms with Crippen LogP contribution in [0.25, 0.3) is 10.8 Å². The van der Waals surface area contributed by atoms with E-state index in [2.05, 4.69) is 5.32 Å². The van der Waals surface area contributed by atoms with Crippen molar-refractivity contribution in [2.45, 2.75) is 0 Å². The van der Waals surface area contributed by atoms with E-state index < -0.39 is 5.97 Å². The fourth-order valence-corrected chi connectivity index (χ4v) is 1.55. The first-order valence-corrected chi connectivity index (χ1v) is 4.71. The van der Waals surface area contributed by atoms with Crippen molar-refractivity contribution in [3.05, 3.63) is 42.5 Å². The van der Waals surface area contributed by atoms with Crippen LogP contribution < -0.4 is 5.32 Å². The Morgan fingerprint density at radius 1 is 1.13 bits per heavy atom. The molecule has 15 heavy (non-hydrogen) atoms. The molecular weight excluding hydrogens is 190 g/mol. The fourth-order valence-electron chi connectivity index (χ4n) is 1.55. The summed E-state index contributed by atoms with van der Waals surface area (Å²) in [6.45, 7) is -0.0615. The van der Waals surface area contributed by atoms with Gasteiger partial charge in [-0.25, -0.2) is 0 Å². The molecule has 0 aliphatic carbocycles. The highest BCUT2D eigenvalue weighted by molar-refractivity contribution is 5.94. The van der Waals surface area contributed by atoms with E-state index in [9.17, 15) is 4.79 Å². The van der Waals surface area contributed by atoms with Crippen molar-refractivity contribution in [3.63, 3.8) is 0 Å². The summed E-state index contributed by atoms with van der Waals surface area (Å²) in [4.78, 5) is 10.4. The van der Waals surface area contributed by atoms with Crippen LogP contribution in [0.15, 0.2) is 42.5 Å².